The van der Waals surface area contributed by atoms with Crippen LogP contribution in [-0.4, -0.2) is 4.57 Å². The summed E-state index contributed by atoms with van der Waals surface area (Å²) in [5.74, 6) is 0. The first kappa shape index (κ1) is 31.2. The molecule has 2 aromatic heterocycles. The van der Waals surface area contributed by atoms with Gasteiger partial charge in [0.05, 0.1) is 11.0 Å². The minimum atomic E-state index is 0.885. The van der Waals surface area contributed by atoms with E-state index < -0.39 is 0 Å². The number of aromatic nitrogens is 1. The fourth-order valence-corrected chi connectivity index (χ4v) is 8.28. The van der Waals surface area contributed by atoms with Gasteiger partial charge in [0.15, 0.2) is 0 Å². The highest BCUT2D eigenvalue weighted by Gasteiger charge is 2.17. The number of para-hydroxylation sites is 3. The van der Waals surface area contributed by atoms with Crippen LogP contribution in [0.1, 0.15) is 0 Å². The Kier molecular flexibility index (Phi) is 7.17. The van der Waals surface area contributed by atoms with E-state index in [9.17, 15) is 0 Å². The lowest BCUT2D eigenvalue weighted by atomic mass is 10.0. The molecule has 2 heterocycles. The third kappa shape index (κ3) is 5.28. The van der Waals surface area contributed by atoms with Gasteiger partial charge in [-0.3, -0.25) is 0 Å². The molecule has 0 unspecified atom stereocenters. The third-order valence-corrected chi connectivity index (χ3v) is 11.0. The summed E-state index contributed by atoms with van der Waals surface area (Å²) in [5.41, 5.74) is 13.3. The molecule has 0 aliphatic carbocycles. The predicted octanol–water partition coefficient (Wildman–Crippen LogP) is 14.6. The summed E-state index contributed by atoms with van der Waals surface area (Å²) >= 11 is 0. The van der Waals surface area contributed by atoms with E-state index in [-0.39, 0.29) is 0 Å². The Labute approximate surface area is 318 Å². The normalized spacial score (nSPS) is 11.6. The lowest BCUT2D eigenvalue weighted by Gasteiger charge is -2.26. The number of hydrogen-bond donors (Lipinski definition) is 0. The first-order valence-electron chi connectivity index (χ1n) is 18.7. The Morgan fingerprint density at radius 2 is 0.818 bits per heavy atom. The number of anilines is 3. The molecular formula is C52H34N2O. The van der Waals surface area contributed by atoms with E-state index in [4.69, 9.17) is 4.42 Å². The Hall–Kier alpha value is -7.36. The first-order chi connectivity index (χ1) is 27.2. The molecule has 0 N–H and O–H groups in total. The van der Waals surface area contributed by atoms with Gasteiger partial charge >= 0.3 is 0 Å². The van der Waals surface area contributed by atoms with Crippen molar-refractivity contribution < 1.29 is 4.42 Å². The Bertz CT molecular complexity index is 3130. The molecule has 0 bridgehead atoms. The molecular weight excluding hydrogens is 669 g/mol. The van der Waals surface area contributed by atoms with Gasteiger partial charge in [0, 0.05) is 44.3 Å². The molecule has 0 radical (unpaired) electrons. The highest BCUT2D eigenvalue weighted by molar-refractivity contribution is 6.09. The van der Waals surface area contributed by atoms with Gasteiger partial charge in [-0.1, -0.05) is 127 Å². The summed E-state index contributed by atoms with van der Waals surface area (Å²) in [6.45, 7) is 0. The Balaban J connectivity index is 0.968. The van der Waals surface area contributed by atoms with Crippen LogP contribution in [0.3, 0.4) is 0 Å². The van der Waals surface area contributed by atoms with Crippen molar-refractivity contribution in [3.05, 3.63) is 206 Å². The molecule has 0 amide bonds. The second-order valence-corrected chi connectivity index (χ2v) is 14.2. The minimum absolute atomic E-state index is 0.885. The van der Waals surface area contributed by atoms with E-state index in [1.807, 2.05) is 12.1 Å². The second-order valence-electron chi connectivity index (χ2n) is 14.2. The van der Waals surface area contributed by atoms with E-state index >= 15 is 0 Å². The maximum atomic E-state index is 6.21. The molecule has 0 saturated heterocycles. The molecule has 258 valence electrons. The van der Waals surface area contributed by atoms with Gasteiger partial charge in [-0.15, -0.1) is 0 Å². The Morgan fingerprint density at radius 3 is 1.49 bits per heavy atom. The van der Waals surface area contributed by atoms with E-state index in [1.54, 1.807) is 0 Å². The maximum Gasteiger partial charge on any atom is 0.135 e. The zero-order valence-corrected chi connectivity index (χ0v) is 29.9. The van der Waals surface area contributed by atoms with Gasteiger partial charge in [0.25, 0.3) is 0 Å². The topological polar surface area (TPSA) is 21.3 Å². The molecule has 3 nitrogen and oxygen atoms in total. The fourth-order valence-electron chi connectivity index (χ4n) is 8.28. The SMILES string of the molecule is c1ccc2cc(-c3ccc(N(c4ccc(-c5ccc(-n6c7ccccc7c7ccccc76)cc5)cc4)c4ccc5oc6ccccc6c5c4)cc3)ccc2c1. The number of rotatable bonds is 6. The standard InChI is InChI=1S/C52H34N2O/c1-2-10-39-33-40(18-17-35(39)9-1)38-23-27-42(28-24-38)53(44-31-32-52-48(34-44)47-13-5-8-16-51(47)55-52)41-25-19-36(20-26-41)37-21-29-43(30-22-37)54-49-14-6-3-11-45(49)46-12-4-7-15-50(46)54/h1-34H. The summed E-state index contributed by atoms with van der Waals surface area (Å²) in [6.07, 6.45) is 0. The molecule has 55 heavy (non-hydrogen) atoms. The zero-order valence-electron chi connectivity index (χ0n) is 29.9. The van der Waals surface area contributed by atoms with Crippen molar-refractivity contribution in [2.24, 2.45) is 0 Å². The predicted molar refractivity (Wildman–Crippen MR) is 231 cm³/mol. The maximum absolute atomic E-state index is 6.21. The van der Waals surface area contributed by atoms with Crippen molar-refractivity contribution >= 4 is 71.6 Å². The van der Waals surface area contributed by atoms with Crippen molar-refractivity contribution in [2.75, 3.05) is 4.90 Å². The molecule has 11 aromatic rings. The molecule has 0 spiro atoms. The zero-order chi connectivity index (χ0) is 36.3. The highest BCUT2D eigenvalue weighted by Crippen LogP contribution is 2.40. The average Bonchev–Trinajstić information content (AvgIpc) is 3.80. The number of hydrogen-bond acceptors (Lipinski definition) is 2. The van der Waals surface area contributed by atoms with Gasteiger partial charge in [-0.05, 0) is 112 Å². The number of fused-ring (bicyclic) bond motifs is 7. The van der Waals surface area contributed by atoms with Crippen LogP contribution in [0.2, 0.25) is 0 Å². The summed E-state index contributed by atoms with van der Waals surface area (Å²) in [6, 6.07) is 74.0. The molecule has 9 aromatic carbocycles. The van der Waals surface area contributed by atoms with Crippen LogP contribution in [0.4, 0.5) is 17.1 Å². The van der Waals surface area contributed by atoms with Crippen LogP contribution in [0.5, 0.6) is 0 Å². The second kappa shape index (κ2) is 12.6. The lowest BCUT2D eigenvalue weighted by Crippen LogP contribution is -2.09. The summed E-state index contributed by atoms with van der Waals surface area (Å²) in [7, 11) is 0. The lowest BCUT2D eigenvalue weighted by molar-refractivity contribution is 0.669. The third-order valence-electron chi connectivity index (χ3n) is 11.0. The van der Waals surface area contributed by atoms with Crippen molar-refractivity contribution in [3.63, 3.8) is 0 Å². The largest absolute Gasteiger partial charge is 0.456 e. The van der Waals surface area contributed by atoms with Crippen LogP contribution in [0.25, 0.3) is 82.5 Å². The number of furan rings is 1. The molecule has 0 aliphatic heterocycles. The van der Waals surface area contributed by atoms with Crippen LogP contribution < -0.4 is 4.90 Å². The van der Waals surface area contributed by atoms with E-state index in [0.29, 0.717) is 0 Å². The van der Waals surface area contributed by atoms with Gasteiger partial charge < -0.3 is 13.9 Å². The summed E-state index contributed by atoms with van der Waals surface area (Å²) in [5, 5.41) is 7.25. The molecule has 11 rings (SSSR count). The van der Waals surface area contributed by atoms with Crippen LogP contribution >= 0.6 is 0 Å². The van der Waals surface area contributed by atoms with Crippen molar-refractivity contribution in [2.45, 2.75) is 0 Å². The number of benzene rings is 9. The molecule has 3 heteroatoms. The Morgan fingerprint density at radius 1 is 0.327 bits per heavy atom. The average molecular weight is 703 g/mol. The first-order valence-corrected chi connectivity index (χ1v) is 18.7. The molecule has 0 fully saturated rings. The number of nitrogens with zero attached hydrogens (tertiary/aromatic N) is 2. The van der Waals surface area contributed by atoms with E-state index in [0.717, 1.165) is 44.7 Å². The van der Waals surface area contributed by atoms with Crippen molar-refractivity contribution in [1.29, 1.82) is 0 Å². The summed E-state index contributed by atoms with van der Waals surface area (Å²) in [4.78, 5) is 2.33. The van der Waals surface area contributed by atoms with Crippen LogP contribution in [-0.2, 0) is 0 Å². The van der Waals surface area contributed by atoms with Crippen LogP contribution in [0.15, 0.2) is 211 Å². The van der Waals surface area contributed by atoms with E-state index in [2.05, 4.69) is 204 Å². The van der Waals surface area contributed by atoms with Gasteiger partial charge in [0.1, 0.15) is 11.2 Å². The van der Waals surface area contributed by atoms with Crippen LogP contribution in [0, 0.1) is 0 Å². The van der Waals surface area contributed by atoms with E-state index in [1.165, 1.54) is 54.8 Å². The highest BCUT2D eigenvalue weighted by atomic mass is 16.3. The molecule has 0 atom stereocenters. The molecule has 0 saturated carbocycles. The van der Waals surface area contributed by atoms with Gasteiger partial charge in [-0.25, -0.2) is 0 Å². The van der Waals surface area contributed by atoms with Gasteiger partial charge in [-0.2, -0.15) is 0 Å². The monoisotopic (exact) mass is 702 g/mol. The molecule has 0 aliphatic rings. The summed E-state index contributed by atoms with van der Waals surface area (Å²) < 4.78 is 8.57. The minimum Gasteiger partial charge on any atom is -0.456 e. The van der Waals surface area contributed by atoms with Crippen molar-refractivity contribution in [3.8, 4) is 27.9 Å². The van der Waals surface area contributed by atoms with Crippen molar-refractivity contribution in [1.82, 2.24) is 4.57 Å². The van der Waals surface area contributed by atoms with Gasteiger partial charge in [0.2, 0.25) is 0 Å². The fraction of sp³-hybridized carbons (Fsp3) is 0. The quantitative estimate of drug-likeness (QED) is 0.172. The smallest absolute Gasteiger partial charge is 0.135 e.